The molecule has 0 saturated carbocycles. The van der Waals surface area contributed by atoms with Crippen molar-refractivity contribution in [1.29, 1.82) is 0 Å². The monoisotopic (exact) mass is 483 g/mol. The number of furan rings is 1. The smallest absolute Gasteiger partial charge is 0.287 e. The van der Waals surface area contributed by atoms with E-state index in [-0.39, 0.29) is 23.1 Å². The van der Waals surface area contributed by atoms with Gasteiger partial charge in [0, 0.05) is 26.1 Å². The lowest BCUT2D eigenvalue weighted by Gasteiger charge is -2.19. The van der Waals surface area contributed by atoms with Crippen LogP contribution in [0.15, 0.2) is 82.3 Å². The van der Waals surface area contributed by atoms with Crippen LogP contribution in [-0.4, -0.2) is 43.7 Å². The normalized spacial score (nSPS) is 12.3. The predicted octanol–water partition coefficient (Wildman–Crippen LogP) is 2.97. The van der Waals surface area contributed by atoms with Gasteiger partial charge < -0.3 is 15.1 Å². The summed E-state index contributed by atoms with van der Waals surface area (Å²) in [6.45, 7) is 4.56. The summed E-state index contributed by atoms with van der Waals surface area (Å²) < 4.78 is 31.8. The van der Waals surface area contributed by atoms with Crippen LogP contribution >= 0.6 is 0 Å². The molecule has 9 heteroatoms. The summed E-state index contributed by atoms with van der Waals surface area (Å²) in [4.78, 5) is 25.6. The molecule has 0 fully saturated rings. The van der Waals surface area contributed by atoms with E-state index in [0.29, 0.717) is 19.5 Å². The molecule has 34 heavy (non-hydrogen) atoms. The first-order chi connectivity index (χ1) is 16.3. The van der Waals surface area contributed by atoms with Crippen LogP contribution in [0.25, 0.3) is 0 Å². The highest BCUT2D eigenvalue weighted by Crippen LogP contribution is 2.16. The fraction of sp³-hybridized carbons (Fsp3) is 0.280. The third-order valence-corrected chi connectivity index (χ3v) is 7.45. The maximum absolute atomic E-state index is 13.0. The molecule has 0 unspecified atom stereocenters. The van der Waals surface area contributed by atoms with Crippen molar-refractivity contribution in [2.24, 2.45) is 0 Å². The van der Waals surface area contributed by atoms with Crippen molar-refractivity contribution in [3.05, 3.63) is 89.9 Å². The van der Waals surface area contributed by atoms with E-state index < -0.39 is 22.0 Å². The van der Waals surface area contributed by atoms with Crippen molar-refractivity contribution in [2.45, 2.75) is 37.8 Å². The summed E-state index contributed by atoms with van der Waals surface area (Å²) in [5.74, 6) is -0.716. The zero-order valence-electron chi connectivity index (χ0n) is 19.2. The molecule has 0 spiro atoms. The highest BCUT2D eigenvalue weighted by Gasteiger charge is 2.24. The second-order valence-electron chi connectivity index (χ2n) is 7.64. The van der Waals surface area contributed by atoms with E-state index in [9.17, 15) is 18.0 Å². The van der Waals surface area contributed by atoms with Gasteiger partial charge in [-0.25, -0.2) is 8.42 Å². The molecule has 2 amide bonds. The van der Waals surface area contributed by atoms with Gasteiger partial charge in [0.2, 0.25) is 15.9 Å². The Hall–Kier alpha value is -3.43. The molecule has 0 aliphatic heterocycles. The van der Waals surface area contributed by atoms with Crippen molar-refractivity contribution in [1.82, 2.24) is 14.9 Å². The van der Waals surface area contributed by atoms with Crippen LogP contribution in [0.4, 0.5) is 0 Å². The fourth-order valence-corrected chi connectivity index (χ4v) is 4.96. The van der Waals surface area contributed by atoms with Gasteiger partial charge in [-0.3, -0.25) is 9.59 Å². The van der Waals surface area contributed by atoms with Gasteiger partial charge in [0.25, 0.3) is 5.91 Å². The second kappa shape index (κ2) is 11.6. The number of hydrogen-bond donors (Lipinski definition) is 2. The van der Waals surface area contributed by atoms with E-state index >= 15 is 0 Å². The molecule has 0 aliphatic rings. The minimum absolute atomic E-state index is 0.121. The summed E-state index contributed by atoms with van der Waals surface area (Å²) in [6, 6.07) is 18.1. The van der Waals surface area contributed by atoms with Gasteiger partial charge in [0.05, 0.1) is 11.2 Å². The Bertz CT molecular complexity index is 1170. The minimum atomic E-state index is -3.54. The van der Waals surface area contributed by atoms with E-state index in [0.717, 1.165) is 11.1 Å². The molecule has 0 radical (unpaired) electrons. The molecule has 3 aromatic rings. The molecule has 2 aromatic carbocycles. The lowest BCUT2D eigenvalue weighted by molar-refractivity contribution is -0.123. The molecule has 8 nitrogen and oxygen atoms in total. The zero-order chi connectivity index (χ0) is 24.6. The molecule has 0 saturated heterocycles. The largest absolute Gasteiger partial charge is 0.459 e. The Morgan fingerprint density at radius 3 is 2.18 bits per heavy atom. The Morgan fingerprint density at radius 2 is 1.59 bits per heavy atom. The maximum atomic E-state index is 13.0. The van der Waals surface area contributed by atoms with Gasteiger partial charge >= 0.3 is 0 Å². The molecular weight excluding hydrogens is 454 g/mol. The molecule has 2 N–H and O–H groups in total. The Kier molecular flexibility index (Phi) is 8.61. The lowest BCUT2D eigenvalue weighted by Crippen LogP contribution is -2.47. The van der Waals surface area contributed by atoms with Crippen LogP contribution in [0.1, 0.15) is 35.5 Å². The highest BCUT2D eigenvalue weighted by molar-refractivity contribution is 7.89. The standard InChI is InChI=1S/C25H29N3O5S/c1-3-28(4-2)34(31,32)21-14-12-20(13-15-21)18-26-24(29)22(17-19-9-6-5-7-10-19)27-25(30)23-11-8-16-33-23/h5-16,22H,3-4,17-18H2,1-2H3,(H,26,29)(H,27,30)/t22-/m0/s1. The van der Waals surface area contributed by atoms with Gasteiger partial charge in [0.15, 0.2) is 5.76 Å². The second-order valence-corrected chi connectivity index (χ2v) is 9.58. The molecule has 1 atom stereocenters. The molecular formula is C25H29N3O5S. The first kappa shape index (κ1) is 25.2. The summed E-state index contributed by atoms with van der Waals surface area (Å²) in [5, 5.41) is 5.56. The molecule has 3 rings (SSSR count). The van der Waals surface area contributed by atoms with Gasteiger partial charge in [-0.05, 0) is 35.4 Å². The first-order valence-corrected chi connectivity index (χ1v) is 12.5. The SMILES string of the molecule is CCN(CC)S(=O)(=O)c1ccc(CNC(=O)[C@H](Cc2ccccc2)NC(=O)c2ccco2)cc1. The molecule has 0 aliphatic carbocycles. The quantitative estimate of drug-likeness (QED) is 0.436. The van der Waals surface area contributed by atoms with E-state index in [1.54, 1.807) is 32.0 Å². The van der Waals surface area contributed by atoms with Crippen LogP contribution in [0, 0.1) is 0 Å². The molecule has 1 aromatic heterocycles. The summed E-state index contributed by atoms with van der Waals surface area (Å²) in [5.41, 5.74) is 1.64. The van der Waals surface area contributed by atoms with E-state index in [4.69, 9.17) is 4.42 Å². The van der Waals surface area contributed by atoms with Crippen LogP contribution in [0.2, 0.25) is 0 Å². The number of nitrogens with one attached hydrogen (secondary N) is 2. The van der Waals surface area contributed by atoms with Crippen molar-refractivity contribution in [3.63, 3.8) is 0 Å². The van der Waals surface area contributed by atoms with E-state index in [1.807, 2.05) is 30.3 Å². The van der Waals surface area contributed by atoms with E-state index in [1.165, 1.54) is 28.8 Å². The summed E-state index contributed by atoms with van der Waals surface area (Å²) >= 11 is 0. The number of amides is 2. The third-order valence-electron chi connectivity index (χ3n) is 5.38. The molecule has 180 valence electrons. The first-order valence-electron chi connectivity index (χ1n) is 11.1. The number of nitrogens with zero attached hydrogens (tertiary/aromatic N) is 1. The topological polar surface area (TPSA) is 109 Å². The Balaban J connectivity index is 1.68. The van der Waals surface area contributed by atoms with Crippen LogP contribution < -0.4 is 10.6 Å². The van der Waals surface area contributed by atoms with Crippen LogP contribution in [0.5, 0.6) is 0 Å². The van der Waals surface area contributed by atoms with Crippen molar-refractivity contribution >= 4 is 21.8 Å². The number of sulfonamides is 1. The lowest BCUT2D eigenvalue weighted by atomic mass is 10.0. The van der Waals surface area contributed by atoms with Crippen molar-refractivity contribution in [3.8, 4) is 0 Å². The number of carbonyl (C=O) groups excluding carboxylic acids is 2. The zero-order valence-corrected chi connectivity index (χ0v) is 20.0. The summed E-state index contributed by atoms with van der Waals surface area (Å²) in [7, 11) is -3.54. The third kappa shape index (κ3) is 6.33. The molecule has 0 bridgehead atoms. The van der Waals surface area contributed by atoms with Crippen molar-refractivity contribution in [2.75, 3.05) is 13.1 Å². The number of rotatable bonds is 11. The number of benzene rings is 2. The van der Waals surface area contributed by atoms with Gasteiger partial charge in [-0.1, -0.05) is 56.3 Å². The van der Waals surface area contributed by atoms with Gasteiger partial charge in [-0.2, -0.15) is 4.31 Å². The van der Waals surface area contributed by atoms with Crippen LogP contribution in [0.3, 0.4) is 0 Å². The van der Waals surface area contributed by atoms with Gasteiger partial charge in [-0.15, -0.1) is 0 Å². The average molecular weight is 484 g/mol. The van der Waals surface area contributed by atoms with Gasteiger partial charge in [0.1, 0.15) is 6.04 Å². The van der Waals surface area contributed by atoms with Crippen LogP contribution in [-0.2, 0) is 27.8 Å². The highest BCUT2D eigenvalue weighted by atomic mass is 32.2. The summed E-state index contributed by atoms with van der Waals surface area (Å²) in [6.07, 6.45) is 1.70. The maximum Gasteiger partial charge on any atom is 0.287 e. The average Bonchev–Trinajstić information content (AvgIpc) is 3.39. The molecule has 1 heterocycles. The Labute approximate surface area is 200 Å². The fourth-order valence-electron chi connectivity index (χ4n) is 3.50. The number of hydrogen-bond acceptors (Lipinski definition) is 5. The van der Waals surface area contributed by atoms with Crippen molar-refractivity contribution < 1.29 is 22.4 Å². The van der Waals surface area contributed by atoms with E-state index in [2.05, 4.69) is 10.6 Å². The number of carbonyl (C=O) groups is 2. The minimum Gasteiger partial charge on any atom is -0.459 e. The Morgan fingerprint density at radius 1 is 0.912 bits per heavy atom. The predicted molar refractivity (Wildman–Crippen MR) is 129 cm³/mol.